The maximum Gasteiger partial charge on any atom is 0.126 e. The third-order valence-corrected chi connectivity index (χ3v) is 6.34. The van der Waals surface area contributed by atoms with Crippen LogP contribution in [0, 0.1) is 25.1 Å². The van der Waals surface area contributed by atoms with E-state index < -0.39 is 0 Å². The molecule has 3 nitrogen and oxygen atoms in total. The molecule has 1 aromatic heterocycles. The molecule has 2 aromatic carbocycles. The molecule has 0 spiro atoms. The fourth-order valence-electron chi connectivity index (χ4n) is 4.80. The molecule has 3 aromatic rings. The highest BCUT2D eigenvalue weighted by molar-refractivity contribution is 5.87. The van der Waals surface area contributed by atoms with Crippen LogP contribution in [0.1, 0.15) is 35.2 Å². The summed E-state index contributed by atoms with van der Waals surface area (Å²) in [4.78, 5) is 5.97. The summed E-state index contributed by atoms with van der Waals surface area (Å²) in [5.74, 6) is -0.171. The van der Waals surface area contributed by atoms with Crippen molar-refractivity contribution in [2.45, 2.75) is 39.7 Å². The van der Waals surface area contributed by atoms with E-state index in [1.54, 1.807) is 6.07 Å². The first kappa shape index (κ1) is 19.2. The van der Waals surface area contributed by atoms with Gasteiger partial charge in [0.05, 0.1) is 6.61 Å². The Labute approximate surface area is 166 Å². The summed E-state index contributed by atoms with van der Waals surface area (Å²) in [6.07, 6.45) is 2.54. The van der Waals surface area contributed by atoms with E-state index in [9.17, 15) is 9.50 Å². The molecule has 1 atom stereocenters. The number of para-hydroxylation sites is 1. The van der Waals surface area contributed by atoms with Gasteiger partial charge < -0.3 is 10.1 Å². The second kappa shape index (κ2) is 7.69. The zero-order chi connectivity index (χ0) is 19.7. The first-order valence-corrected chi connectivity index (χ1v) is 10.1. The predicted molar refractivity (Wildman–Crippen MR) is 112 cm³/mol. The lowest BCUT2D eigenvalue weighted by atomic mass is 9.75. The highest BCUT2D eigenvalue weighted by atomic mass is 19.1. The number of nitrogens with zero attached hydrogens (tertiary/aromatic N) is 1. The van der Waals surface area contributed by atoms with E-state index in [-0.39, 0.29) is 17.8 Å². The van der Waals surface area contributed by atoms with Crippen LogP contribution in [0.15, 0.2) is 42.5 Å². The molecule has 1 aliphatic heterocycles. The lowest BCUT2D eigenvalue weighted by Gasteiger charge is -2.42. The Bertz CT molecular complexity index is 980. The van der Waals surface area contributed by atoms with Gasteiger partial charge in [-0.25, -0.2) is 4.39 Å². The van der Waals surface area contributed by atoms with Crippen molar-refractivity contribution < 1.29 is 9.50 Å². The lowest BCUT2D eigenvalue weighted by molar-refractivity contribution is 0.0284. The van der Waals surface area contributed by atoms with Gasteiger partial charge in [-0.1, -0.05) is 36.4 Å². The second-order valence-electron chi connectivity index (χ2n) is 8.47. The van der Waals surface area contributed by atoms with Crippen LogP contribution in [0.25, 0.3) is 10.9 Å². The number of aliphatic hydroxyl groups excluding tert-OH is 1. The van der Waals surface area contributed by atoms with Gasteiger partial charge in [-0.2, -0.15) is 0 Å². The minimum Gasteiger partial charge on any atom is -0.396 e. The number of hydrogen-bond donors (Lipinski definition) is 2. The second-order valence-corrected chi connectivity index (χ2v) is 8.47. The minimum atomic E-state index is -0.281. The quantitative estimate of drug-likeness (QED) is 0.671. The van der Waals surface area contributed by atoms with E-state index in [1.807, 2.05) is 12.1 Å². The summed E-state index contributed by atoms with van der Waals surface area (Å²) < 4.78 is 14.2. The molecule has 2 heterocycles. The van der Waals surface area contributed by atoms with Gasteiger partial charge in [0.2, 0.25) is 0 Å². The Hall–Kier alpha value is -2.17. The molecular weight excluding hydrogens is 351 g/mol. The summed E-state index contributed by atoms with van der Waals surface area (Å²) in [7, 11) is 0. The number of rotatable bonds is 5. The Morgan fingerprint density at radius 3 is 2.75 bits per heavy atom. The summed E-state index contributed by atoms with van der Waals surface area (Å²) in [6, 6.07) is 13.4. The Morgan fingerprint density at radius 2 is 1.96 bits per heavy atom. The molecule has 4 rings (SSSR count). The molecule has 1 saturated heterocycles. The third kappa shape index (κ3) is 3.59. The summed E-state index contributed by atoms with van der Waals surface area (Å²) in [6.45, 7) is 7.01. The molecule has 4 heteroatoms. The SMILES string of the molecule is Cc1[nH]c2c(C)cccc2c1CN1CCCC(CO)(Cc2ccccc2F)C1. The fourth-order valence-corrected chi connectivity index (χ4v) is 4.80. The fraction of sp³-hybridized carbons (Fsp3) is 0.417. The third-order valence-electron chi connectivity index (χ3n) is 6.34. The highest BCUT2D eigenvalue weighted by Gasteiger charge is 2.36. The number of H-pyrrole nitrogens is 1. The number of benzene rings is 2. The van der Waals surface area contributed by atoms with Gasteiger partial charge in [0.25, 0.3) is 0 Å². The van der Waals surface area contributed by atoms with Crippen molar-refractivity contribution in [3.63, 3.8) is 0 Å². The van der Waals surface area contributed by atoms with E-state index in [0.717, 1.165) is 32.5 Å². The number of aliphatic hydroxyl groups is 1. The minimum absolute atomic E-state index is 0.0871. The molecule has 0 bridgehead atoms. The van der Waals surface area contributed by atoms with Crippen molar-refractivity contribution in [1.82, 2.24) is 9.88 Å². The average molecular weight is 381 g/mol. The van der Waals surface area contributed by atoms with Gasteiger partial charge in [-0.15, -0.1) is 0 Å². The zero-order valence-electron chi connectivity index (χ0n) is 16.8. The van der Waals surface area contributed by atoms with Crippen molar-refractivity contribution in [2.24, 2.45) is 5.41 Å². The number of aryl methyl sites for hydroxylation is 2. The van der Waals surface area contributed by atoms with Crippen molar-refractivity contribution in [2.75, 3.05) is 19.7 Å². The van der Waals surface area contributed by atoms with Crippen LogP contribution in [0.2, 0.25) is 0 Å². The van der Waals surface area contributed by atoms with E-state index in [0.29, 0.717) is 12.0 Å². The summed E-state index contributed by atoms with van der Waals surface area (Å²) >= 11 is 0. The average Bonchev–Trinajstić information content (AvgIpc) is 3.01. The lowest BCUT2D eigenvalue weighted by Crippen LogP contribution is -2.46. The number of likely N-dealkylation sites (tertiary alicyclic amines) is 1. The van der Waals surface area contributed by atoms with Crippen LogP contribution in [0.4, 0.5) is 4.39 Å². The van der Waals surface area contributed by atoms with Crippen LogP contribution in [0.3, 0.4) is 0 Å². The highest BCUT2D eigenvalue weighted by Crippen LogP contribution is 2.35. The van der Waals surface area contributed by atoms with Crippen LogP contribution in [-0.2, 0) is 13.0 Å². The zero-order valence-corrected chi connectivity index (χ0v) is 16.8. The molecule has 0 aliphatic carbocycles. The Kier molecular flexibility index (Phi) is 5.26. The van der Waals surface area contributed by atoms with Gasteiger partial charge in [-0.05, 0) is 62.4 Å². The molecule has 2 N–H and O–H groups in total. The van der Waals surface area contributed by atoms with Crippen LogP contribution >= 0.6 is 0 Å². The molecule has 148 valence electrons. The van der Waals surface area contributed by atoms with Gasteiger partial charge in [0.1, 0.15) is 5.82 Å². The molecule has 0 radical (unpaired) electrons. The number of nitrogens with one attached hydrogen (secondary N) is 1. The van der Waals surface area contributed by atoms with E-state index in [4.69, 9.17) is 0 Å². The largest absolute Gasteiger partial charge is 0.396 e. The van der Waals surface area contributed by atoms with Gasteiger partial charge in [0, 0.05) is 35.1 Å². The molecule has 28 heavy (non-hydrogen) atoms. The topological polar surface area (TPSA) is 39.3 Å². The number of aromatic nitrogens is 1. The first-order valence-electron chi connectivity index (χ1n) is 10.1. The Morgan fingerprint density at radius 1 is 1.14 bits per heavy atom. The van der Waals surface area contributed by atoms with Crippen molar-refractivity contribution >= 4 is 10.9 Å². The molecule has 1 unspecified atom stereocenters. The van der Waals surface area contributed by atoms with Crippen LogP contribution in [-0.4, -0.2) is 34.7 Å². The van der Waals surface area contributed by atoms with Gasteiger partial charge in [-0.3, -0.25) is 4.90 Å². The maximum atomic E-state index is 14.2. The smallest absolute Gasteiger partial charge is 0.126 e. The standard InChI is InChI=1S/C24H29FN2O/c1-17-7-5-9-20-21(18(2)26-23(17)20)14-27-12-6-11-24(15-27,16-28)13-19-8-3-4-10-22(19)25/h3-5,7-10,26,28H,6,11-16H2,1-2H3. The number of hydrogen-bond acceptors (Lipinski definition) is 2. The van der Waals surface area contributed by atoms with Crippen molar-refractivity contribution in [1.29, 1.82) is 0 Å². The summed E-state index contributed by atoms with van der Waals surface area (Å²) in [5.41, 5.74) is 5.44. The van der Waals surface area contributed by atoms with Crippen LogP contribution in [0.5, 0.6) is 0 Å². The van der Waals surface area contributed by atoms with Gasteiger partial charge in [0.15, 0.2) is 0 Å². The maximum absolute atomic E-state index is 14.2. The molecule has 1 fully saturated rings. The van der Waals surface area contributed by atoms with E-state index >= 15 is 0 Å². The molecular formula is C24H29FN2O. The van der Waals surface area contributed by atoms with Crippen molar-refractivity contribution in [3.05, 3.63) is 70.7 Å². The number of halogens is 1. The predicted octanol–water partition coefficient (Wildman–Crippen LogP) is 4.74. The number of fused-ring (bicyclic) bond motifs is 1. The monoisotopic (exact) mass is 380 g/mol. The Balaban J connectivity index is 1.58. The normalized spacial score (nSPS) is 20.7. The first-order chi connectivity index (χ1) is 13.5. The molecule has 0 amide bonds. The van der Waals surface area contributed by atoms with E-state index in [1.165, 1.54) is 33.8 Å². The number of aromatic amines is 1. The molecule has 1 aliphatic rings. The van der Waals surface area contributed by atoms with E-state index in [2.05, 4.69) is 41.9 Å². The summed E-state index contributed by atoms with van der Waals surface area (Å²) in [5, 5.41) is 11.5. The molecule has 0 saturated carbocycles. The number of piperidine rings is 1. The van der Waals surface area contributed by atoms with Crippen LogP contribution < -0.4 is 0 Å². The van der Waals surface area contributed by atoms with Gasteiger partial charge >= 0.3 is 0 Å². The van der Waals surface area contributed by atoms with Crippen molar-refractivity contribution in [3.8, 4) is 0 Å².